The standard InChI is InChI=1S/C29H38N8O4/c1-14-36(11-21-25(40-14)24(39)28(41-21)37-13-33-23-26(30)31-12-32-27(23)37)16-7-15(8-16)5-6-22-34-18-9-17(29(2,3)4)20(38)10-19(18)35-22/h9-10,12-16,21,24-25,28,38-39H,5-8,11H2,1-4H3,(H,34,35)(H2,30,31,32)/t14?,15-,16+,21-,24-,25-,28-/m1/s1. The number of nitrogens with one attached hydrogen (secondary N) is 1. The fourth-order valence-electron chi connectivity index (χ4n) is 6.79. The maximum atomic E-state index is 11.1. The number of fused-ring (bicyclic) bond motifs is 3. The summed E-state index contributed by atoms with van der Waals surface area (Å²) in [6.07, 6.45) is 4.79. The van der Waals surface area contributed by atoms with Crippen molar-refractivity contribution in [2.75, 3.05) is 12.3 Å². The monoisotopic (exact) mass is 562 g/mol. The highest BCUT2D eigenvalue weighted by molar-refractivity contribution is 5.81. The zero-order chi connectivity index (χ0) is 28.6. The van der Waals surface area contributed by atoms with Crippen LogP contribution in [0.4, 0.5) is 5.82 Å². The molecular formula is C29H38N8O4. The summed E-state index contributed by atoms with van der Waals surface area (Å²) in [5.74, 6) is 2.18. The number of H-pyrrole nitrogens is 1. The van der Waals surface area contributed by atoms with Gasteiger partial charge in [-0.1, -0.05) is 20.8 Å². The molecule has 1 saturated carbocycles. The maximum Gasteiger partial charge on any atom is 0.167 e. The lowest BCUT2D eigenvalue weighted by atomic mass is 9.76. The second kappa shape index (κ2) is 9.62. The van der Waals surface area contributed by atoms with E-state index in [0.717, 1.165) is 48.1 Å². The molecule has 3 aliphatic rings. The summed E-state index contributed by atoms with van der Waals surface area (Å²) >= 11 is 0. The van der Waals surface area contributed by atoms with Gasteiger partial charge in [0.05, 0.1) is 17.4 Å². The first-order chi connectivity index (χ1) is 19.6. The van der Waals surface area contributed by atoms with Crippen LogP contribution >= 0.6 is 0 Å². The van der Waals surface area contributed by atoms with Crippen molar-refractivity contribution in [3.63, 3.8) is 0 Å². The van der Waals surface area contributed by atoms with Crippen molar-refractivity contribution in [3.8, 4) is 5.75 Å². The molecule has 4 aromatic rings. The van der Waals surface area contributed by atoms with Gasteiger partial charge in [0.1, 0.15) is 48.0 Å². The summed E-state index contributed by atoms with van der Waals surface area (Å²) in [7, 11) is 0. The van der Waals surface area contributed by atoms with E-state index in [-0.39, 0.29) is 17.7 Å². The lowest BCUT2D eigenvalue weighted by Crippen LogP contribution is -2.59. The number of phenols is 1. The zero-order valence-corrected chi connectivity index (χ0v) is 23.9. The maximum absolute atomic E-state index is 11.1. The predicted molar refractivity (Wildman–Crippen MR) is 152 cm³/mol. The average Bonchev–Trinajstić information content (AvgIpc) is 3.58. The third kappa shape index (κ3) is 4.53. The van der Waals surface area contributed by atoms with E-state index in [0.29, 0.717) is 41.2 Å². The highest BCUT2D eigenvalue weighted by Gasteiger charge is 2.52. The van der Waals surface area contributed by atoms with Crippen LogP contribution in [0.25, 0.3) is 22.2 Å². The smallest absolute Gasteiger partial charge is 0.167 e. The summed E-state index contributed by atoms with van der Waals surface area (Å²) < 4.78 is 14.4. The number of phenolic OH excluding ortho intramolecular Hbond substituents is 1. The number of aromatic amines is 1. The van der Waals surface area contributed by atoms with Crippen LogP contribution in [0, 0.1) is 5.92 Å². The van der Waals surface area contributed by atoms with Crippen LogP contribution in [-0.4, -0.2) is 81.7 Å². The molecule has 2 aliphatic heterocycles. The number of aromatic hydroxyl groups is 1. The van der Waals surface area contributed by atoms with Gasteiger partial charge < -0.3 is 30.4 Å². The van der Waals surface area contributed by atoms with E-state index in [1.165, 1.54) is 6.33 Å². The van der Waals surface area contributed by atoms with Gasteiger partial charge in [0.2, 0.25) is 0 Å². The number of aromatic nitrogens is 6. The molecule has 3 aromatic heterocycles. The van der Waals surface area contributed by atoms with Crippen molar-refractivity contribution in [1.82, 2.24) is 34.4 Å². The molecule has 2 saturated heterocycles. The van der Waals surface area contributed by atoms with Gasteiger partial charge in [-0.05, 0) is 43.6 Å². The Kier molecular flexibility index (Phi) is 6.23. The molecule has 3 fully saturated rings. The molecule has 218 valence electrons. The van der Waals surface area contributed by atoms with Gasteiger partial charge in [-0.25, -0.2) is 19.9 Å². The van der Waals surface area contributed by atoms with Crippen LogP contribution in [0.15, 0.2) is 24.8 Å². The third-order valence-corrected chi connectivity index (χ3v) is 9.11. The number of hydrogen-bond acceptors (Lipinski definition) is 10. The van der Waals surface area contributed by atoms with E-state index >= 15 is 0 Å². The van der Waals surface area contributed by atoms with E-state index in [4.69, 9.17) is 20.2 Å². The molecule has 7 rings (SSSR count). The summed E-state index contributed by atoms with van der Waals surface area (Å²) in [6.45, 7) is 9.03. The minimum absolute atomic E-state index is 0.114. The number of nitrogen functional groups attached to an aromatic ring is 1. The third-order valence-electron chi connectivity index (χ3n) is 9.11. The van der Waals surface area contributed by atoms with Crippen molar-refractivity contribution in [1.29, 1.82) is 0 Å². The molecule has 5 N–H and O–H groups in total. The topological polar surface area (TPSA) is 160 Å². The number of anilines is 1. The number of aliphatic hydroxyl groups excluding tert-OH is 1. The molecule has 0 radical (unpaired) electrons. The van der Waals surface area contributed by atoms with Gasteiger partial charge in [0.25, 0.3) is 0 Å². The normalized spacial score (nSPS) is 30.6. The number of benzene rings is 1. The van der Waals surface area contributed by atoms with E-state index < -0.39 is 18.4 Å². The zero-order valence-electron chi connectivity index (χ0n) is 23.9. The van der Waals surface area contributed by atoms with Crippen LogP contribution < -0.4 is 5.73 Å². The summed E-state index contributed by atoms with van der Waals surface area (Å²) in [5, 5.41) is 21.6. The van der Waals surface area contributed by atoms with Crippen LogP contribution in [0.5, 0.6) is 5.75 Å². The number of nitrogens with zero attached hydrogens (tertiary/aromatic N) is 6. The van der Waals surface area contributed by atoms with Gasteiger partial charge in [-0.3, -0.25) is 9.47 Å². The fourth-order valence-corrected chi connectivity index (χ4v) is 6.79. The quantitative estimate of drug-likeness (QED) is 0.285. The van der Waals surface area contributed by atoms with E-state index in [1.807, 2.05) is 6.07 Å². The van der Waals surface area contributed by atoms with Crippen molar-refractivity contribution in [2.45, 2.75) is 95.6 Å². The molecule has 0 amide bonds. The molecular weight excluding hydrogens is 524 g/mol. The van der Waals surface area contributed by atoms with E-state index in [9.17, 15) is 10.2 Å². The Balaban J connectivity index is 0.964. The summed E-state index contributed by atoms with van der Waals surface area (Å²) in [6, 6.07) is 4.21. The molecule has 5 heterocycles. The Morgan fingerprint density at radius 2 is 1.95 bits per heavy atom. The van der Waals surface area contributed by atoms with E-state index in [1.54, 1.807) is 17.0 Å². The first-order valence-corrected chi connectivity index (χ1v) is 14.5. The minimum atomic E-state index is -0.850. The molecule has 12 nitrogen and oxygen atoms in total. The lowest BCUT2D eigenvalue weighted by Gasteiger charge is -2.49. The van der Waals surface area contributed by atoms with Crippen LogP contribution in [0.2, 0.25) is 0 Å². The Bertz CT molecular complexity index is 1590. The van der Waals surface area contributed by atoms with Crippen molar-refractivity contribution >= 4 is 28.0 Å². The molecule has 0 bridgehead atoms. The van der Waals surface area contributed by atoms with E-state index in [2.05, 4.69) is 52.5 Å². The number of imidazole rings is 2. The summed E-state index contributed by atoms with van der Waals surface area (Å²) in [4.78, 5) is 23.2. The highest BCUT2D eigenvalue weighted by atomic mass is 16.6. The second-order valence-corrected chi connectivity index (χ2v) is 12.9. The largest absolute Gasteiger partial charge is 0.508 e. The number of nitrogens with two attached hydrogens (primary N) is 1. The Labute approximate surface area is 237 Å². The molecule has 1 unspecified atom stereocenters. The van der Waals surface area contributed by atoms with Crippen molar-refractivity contribution in [2.24, 2.45) is 5.92 Å². The number of aryl methyl sites for hydroxylation is 1. The molecule has 12 heteroatoms. The van der Waals surface area contributed by atoms with Gasteiger partial charge >= 0.3 is 0 Å². The SMILES string of the molecule is CC1O[C@H]2[C@@H](O)[C@H](n3cnc4c(N)ncnc43)O[C@@H]2CN1[C@H]1C[C@@H](CCc2nc3cc(C(C)(C)C)c(O)cc3[nH]2)C1. The van der Waals surface area contributed by atoms with Crippen molar-refractivity contribution < 1.29 is 19.7 Å². The molecule has 41 heavy (non-hydrogen) atoms. The minimum Gasteiger partial charge on any atom is -0.508 e. The molecule has 0 spiro atoms. The predicted octanol–water partition coefficient (Wildman–Crippen LogP) is 3.00. The van der Waals surface area contributed by atoms with Crippen LogP contribution in [0.1, 0.15) is 64.6 Å². The lowest BCUT2D eigenvalue weighted by molar-refractivity contribution is -0.199. The van der Waals surface area contributed by atoms with Gasteiger partial charge in [0.15, 0.2) is 17.7 Å². The van der Waals surface area contributed by atoms with Crippen molar-refractivity contribution in [3.05, 3.63) is 36.2 Å². The molecule has 1 aliphatic carbocycles. The number of hydrogen-bond donors (Lipinski definition) is 4. The average molecular weight is 563 g/mol. The summed E-state index contributed by atoms with van der Waals surface area (Å²) in [5.41, 5.74) is 9.51. The Morgan fingerprint density at radius 3 is 2.73 bits per heavy atom. The first kappa shape index (κ1) is 26.6. The number of rotatable bonds is 5. The first-order valence-electron chi connectivity index (χ1n) is 14.5. The second-order valence-electron chi connectivity index (χ2n) is 12.9. The molecule has 5 atom stereocenters. The molecule has 1 aromatic carbocycles. The Hall–Kier alpha value is -3.32. The van der Waals surface area contributed by atoms with Gasteiger partial charge in [-0.2, -0.15) is 0 Å². The Morgan fingerprint density at radius 1 is 1.15 bits per heavy atom. The highest BCUT2D eigenvalue weighted by Crippen LogP contribution is 2.42. The van der Waals surface area contributed by atoms with Crippen LogP contribution in [0.3, 0.4) is 0 Å². The van der Waals surface area contributed by atoms with Gasteiger partial charge in [0, 0.05) is 30.6 Å². The fraction of sp³-hybridized carbons (Fsp3) is 0.586. The van der Waals surface area contributed by atoms with Crippen LogP contribution in [-0.2, 0) is 21.3 Å². The van der Waals surface area contributed by atoms with Gasteiger partial charge in [-0.15, -0.1) is 0 Å². The number of ether oxygens (including phenoxy) is 2. The number of aliphatic hydroxyl groups is 1.